The summed E-state index contributed by atoms with van der Waals surface area (Å²) < 4.78 is 12.8. The molecule has 1 amide bonds. The molecule has 0 radical (unpaired) electrons. The van der Waals surface area contributed by atoms with Gasteiger partial charge < -0.3 is 19.0 Å². The SMILES string of the molecule is COc1ccc2c(CC(=O)NCc3ccc(C)n3C)coc2c1. The van der Waals surface area contributed by atoms with Gasteiger partial charge in [-0.2, -0.15) is 0 Å². The van der Waals surface area contributed by atoms with Gasteiger partial charge in [-0.05, 0) is 31.2 Å². The molecule has 5 nitrogen and oxygen atoms in total. The first-order chi connectivity index (χ1) is 11.1. The summed E-state index contributed by atoms with van der Waals surface area (Å²) in [5.74, 6) is 0.712. The van der Waals surface area contributed by atoms with E-state index < -0.39 is 0 Å². The van der Waals surface area contributed by atoms with Crippen LogP contribution in [0.15, 0.2) is 41.0 Å². The zero-order chi connectivity index (χ0) is 16.4. The fourth-order valence-electron chi connectivity index (χ4n) is 2.60. The van der Waals surface area contributed by atoms with Crippen molar-refractivity contribution in [1.82, 2.24) is 9.88 Å². The Hall–Kier alpha value is -2.69. The van der Waals surface area contributed by atoms with Crippen LogP contribution >= 0.6 is 0 Å². The summed E-state index contributed by atoms with van der Waals surface area (Å²) in [5, 5.41) is 3.89. The second kappa shape index (κ2) is 6.20. The first kappa shape index (κ1) is 15.2. The van der Waals surface area contributed by atoms with Gasteiger partial charge in [0.25, 0.3) is 0 Å². The smallest absolute Gasteiger partial charge is 0.224 e. The van der Waals surface area contributed by atoms with Crippen LogP contribution in [-0.4, -0.2) is 17.6 Å². The second-order valence-electron chi connectivity index (χ2n) is 5.60. The van der Waals surface area contributed by atoms with E-state index in [4.69, 9.17) is 9.15 Å². The van der Waals surface area contributed by atoms with Crippen molar-refractivity contribution in [2.75, 3.05) is 7.11 Å². The first-order valence-electron chi connectivity index (χ1n) is 7.50. The Morgan fingerprint density at radius 2 is 2.13 bits per heavy atom. The van der Waals surface area contributed by atoms with Crippen LogP contribution in [-0.2, 0) is 24.8 Å². The lowest BCUT2D eigenvalue weighted by Gasteiger charge is -2.07. The quantitative estimate of drug-likeness (QED) is 0.788. The molecule has 3 rings (SSSR count). The highest BCUT2D eigenvalue weighted by Crippen LogP contribution is 2.25. The molecular formula is C18H20N2O3. The average Bonchev–Trinajstić information content (AvgIpc) is 3.09. The predicted molar refractivity (Wildman–Crippen MR) is 88.5 cm³/mol. The molecule has 0 aliphatic rings. The molecule has 120 valence electrons. The fraction of sp³-hybridized carbons (Fsp3) is 0.278. The summed E-state index contributed by atoms with van der Waals surface area (Å²) >= 11 is 0. The van der Waals surface area contributed by atoms with Crippen LogP contribution in [0.25, 0.3) is 11.0 Å². The number of nitrogens with zero attached hydrogens (tertiary/aromatic N) is 1. The van der Waals surface area contributed by atoms with Gasteiger partial charge >= 0.3 is 0 Å². The highest BCUT2D eigenvalue weighted by Gasteiger charge is 2.11. The van der Waals surface area contributed by atoms with Crippen molar-refractivity contribution in [3.63, 3.8) is 0 Å². The van der Waals surface area contributed by atoms with E-state index >= 15 is 0 Å². The number of fused-ring (bicyclic) bond motifs is 1. The molecule has 1 aromatic carbocycles. The molecule has 0 aliphatic heterocycles. The van der Waals surface area contributed by atoms with Crippen LogP contribution in [0, 0.1) is 6.92 Å². The van der Waals surface area contributed by atoms with Crippen LogP contribution in [0.1, 0.15) is 17.0 Å². The third-order valence-corrected chi connectivity index (χ3v) is 4.16. The minimum atomic E-state index is -0.0256. The maximum absolute atomic E-state index is 12.2. The van der Waals surface area contributed by atoms with Crippen LogP contribution in [0.2, 0.25) is 0 Å². The Labute approximate surface area is 134 Å². The van der Waals surface area contributed by atoms with Crippen LogP contribution in [0.3, 0.4) is 0 Å². The van der Waals surface area contributed by atoms with E-state index in [1.165, 1.54) is 5.69 Å². The van der Waals surface area contributed by atoms with Crippen LogP contribution in [0.5, 0.6) is 5.75 Å². The molecule has 0 spiro atoms. The van der Waals surface area contributed by atoms with Crippen LogP contribution < -0.4 is 10.1 Å². The van der Waals surface area contributed by atoms with Gasteiger partial charge in [-0.25, -0.2) is 0 Å². The zero-order valence-electron chi connectivity index (χ0n) is 13.6. The molecule has 23 heavy (non-hydrogen) atoms. The lowest BCUT2D eigenvalue weighted by atomic mass is 10.1. The topological polar surface area (TPSA) is 56.4 Å². The van der Waals surface area contributed by atoms with Gasteiger partial charge in [0.15, 0.2) is 0 Å². The minimum absolute atomic E-state index is 0.0256. The second-order valence-corrected chi connectivity index (χ2v) is 5.60. The molecule has 0 unspecified atom stereocenters. The molecule has 5 heteroatoms. The molecule has 0 atom stereocenters. The number of amides is 1. The Balaban J connectivity index is 1.67. The van der Waals surface area contributed by atoms with Gasteiger partial charge in [-0.15, -0.1) is 0 Å². The number of carbonyl (C=O) groups excluding carboxylic acids is 1. The predicted octanol–water partition coefficient (Wildman–Crippen LogP) is 2.95. The van der Waals surface area contributed by atoms with E-state index in [2.05, 4.69) is 9.88 Å². The van der Waals surface area contributed by atoms with Gasteiger partial charge in [0.1, 0.15) is 11.3 Å². The van der Waals surface area contributed by atoms with Crippen molar-refractivity contribution in [1.29, 1.82) is 0 Å². The molecule has 0 aliphatic carbocycles. The number of furan rings is 1. The summed E-state index contributed by atoms with van der Waals surface area (Å²) in [6.07, 6.45) is 1.93. The molecule has 0 saturated heterocycles. The van der Waals surface area contributed by atoms with E-state index in [0.717, 1.165) is 28.0 Å². The Kier molecular flexibility index (Phi) is 4.10. The third-order valence-electron chi connectivity index (χ3n) is 4.16. The number of ether oxygens (including phenoxy) is 1. The lowest BCUT2D eigenvalue weighted by molar-refractivity contribution is -0.120. The summed E-state index contributed by atoms with van der Waals surface area (Å²) in [4.78, 5) is 12.2. The summed E-state index contributed by atoms with van der Waals surface area (Å²) in [7, 11) is 3.61. The Bertz CT molecular complexity index is 845. The maximum Gasteiger partial charge on any atom is 0.224 e. The molecule has 1 N–H and O–H groups in total. The molecule has 2 aromatic heterocycles. The van der Waals surface area contributed by atoms with Gasteiger partial charge in [-0.1, -0.05) is 0 Å². The van der Waals surface area contributed by atoms with Crippen molar-refractivity contribution >= 4 is 16.9 Å². The summed E-state index contributed by atoms with van der Waals surface area (Å²) in [6.45, 7) is 2.56. The summed E-state index contributed by atoms with van der Waals surface area (Å²) in [5.41, 5.74) is 3.86. The fourth-order valence-corrected chi connectivity index (χ4v) is 2.60. The van der Waals surface area contributed by atoms with Crippen molar-refractivity contribution < 1.29 is 13.9 Å². The number of carbonyl (C=O) groups is 1. The number of benzene rings is 1. The number of nitrogens with one attached hydrogen (secondary N) is 1. The van der Waals surface area contributed by atoms with Crippen LogP contribution in [0.4, 0.5) is 0 Å². The van der Waals surface area contributed by atoms with E-state index in [1.54, 1.807) is 13.4 Å². The van der Waals surface area contributed by atoms with Gasteiger partial charge in [0.2, 0.25) is 5.91 Å². The van der Waals surface area contributed by atoms with E-state index in [0.29, 0.717) is 13.0 Å². The molecule has 2 heterocycles. The molecule has 0 saturated carbocycles. The normalized spacial score (nSPS) is 10.9. The van der Waals surface area contributed by atoms with Gasteiger partial charge in [0, 0.05) is 35.5 Å². The standard InChI is InChI=1S/C18H20N2O3/c1-12-4-5-14(20(12)2)10-19-18(21)8-13-11-23-17-9-15(22-3)6-7-16(13)17/h4-7,9,11H,8,10H2,1-3H3,(H,19,21). The first-order valence-corrected chi connectivity index (χ1v) is 7.50. The summed E-state index contributed by atoms with van der Waals surface area (Å²) in [6, 6.07) is 9.67. The van der Waals surface area contributed by atoms with Crippen molar-refractivity contribution in [2.24, 2.45) is 7.05 Å². The number of methoxy groups -OCH3 is 1. The third kappa shape index (κ3) is 3.08. The highest BCUT2D eigenvalue weighted by atomic mass is 16.5. The van der Waals surface area contributed by atoms with Crippen molar-refractivity contribution in [3.05, 3.63) is 53.5 Å². The number of rotatable bonds is 5. The molecule has 3 aromatic rings. The van der Waals surface area contributed by atoms with Gasteiger partial charge in [-0.3, -0.25) is 4.79 Å². The van der Waals surface area contributed by atoms with Crippen molar-refractivity contribution in [2.45, 2.75) is 19.9 Å². The largest absolute Gasteiger partial charge is 0.497 e. The van der Waals surface area contributed by atoms with Crippen molar-refractivity contribution in [3.8, 4) is 5.75 Å². The number of hydrogen-bond donors (Lipinski definition) is 1. The van der Waals surface area contributed by atoms with Gasteiger partial charge in [0.05, 0.1) is 26.3 Å². The Morgan fingerprint density at radius 3 is 2.83 bits per heavy atom. The lowest BCUT2D eigenvalue weighted by Crippen LogP contribution is -2.25. The number of hydrogen-bond acceptors (Lipinski definition) is 3. The molecular weight excluding hydrogens is 292 g/mol. The zero-order valence-corrected chi connectivity index (χ0v) is 13.6. The molecule has 0 fully saturated rings. The molecule has 0 bridgehead atoms. The number of aromatic nitrogens is 1. The van der Waals surface area contributed by atoms with E-state index in [1.807, 2.05) is 44.3 Å². The Morgan fingerprint density at radius 1 is 1.30 bits per heavy atom. The maximum atomic E-state index is 12.2. The number of aryl methyl sites for hydroxylation is 1. The average molecular weight is 312 g/mol. The highest BCUT2D eigenvalue weighted by molar-refractivity contribution is 5.88. The minimum Gasteiger partial charge on any atom is -0.497 e. The van der Waals surface area contributed by atoms with E-state index in [9.17, 15) is 4.79 Å². The monoisotopic (exact) mass is 312 g/mol. The van der Waals surface area contributed by atoms with E-state index in [-0.39, 0.29) is 5.91 Å².